The summed E-state index contributed by atoms with van der Waals surface area (Å²) >= 11 is 1.60. The molecular weight excluding hydrogens is 526 g/mol. The van der Waals surface area contributed by atoms with Crippen LogP contribution in [0.15, 0.2) is 49.6 Å². The Morgan fingerprint density at radius 2 is 1.82 bits per heavy atom. The van der Waals surface area contributed by atoms with Crippen LogP contribution in [0, 0.1) is 11.8 Å². The summed E-state index contributed by atoms with van der Waals surface area (Å²) < 4.78 is 4.31. The molecule has 218 valence electrons. The molecule has 6 atom stereocenters. The van der Waals surface area contributed by atoms with Crippen molar-refractivity contribution in [1.29, 1.82) is 0 Å². The van der Waals surface area contributed by atoms with Crippen LogP contribution < -0.4 is 9.80 Å². The summed E-state index contributed by atoms with van der Waals surface area (Å²) in [6.45, 7) is 17.5. The summed E-state index contributed by atoms with van der Waals surface area (Å²) in [5.74, 6) is -2.21. The first-order chi connectivity index (χ1) is 19.1. The van der Waals surface area contributed by atoms with E-state index >= 15 is 0 Å². The minimum absolute atomic E-state index is 0.212. The molecule has 1 aromatic carbocycles. The number of likely N-dealkylation sites (tertiary alicyclic amines) is 1. The molecule has 8 nitrogen and oxygen atoms in total. The Morgan fingerprint density at radius 3 is 2.40 bits per heavy atom. The van der Waals surface area contributed by atoms with Gasteiger partial charge in [0.1, 0.15) is 6.04 Å². The number of carbonyl (C=O) groups is 3. The molecule has 40 heavy (non-hydrogen) atoms. The summed E-state index contributed by atoms with van der Waals surface area (Å²) in [7, 11) is 0. The second-order valence-corrected chi connectivity index (χ2v) is 13.1. The molecular formula is C31H43N3O5S. The fourth-order valence-corrected chi connectivity index (χ4v) is 9.25. The van der Waals surface area contributed by atoms with E-state index in [2.05, 4.69) is 31.9 Å². The maximum absolute atomic E-state index is 14.6. The van der Waals surface area contributed by atoms with Gasteiger partial charge in [-0.2, -0.15) is 0 Å². The number of ether oxygens (including phenoxy) is 1. The average Bonchev–Trinajstić information content (AvgIpc) is 3.52. The van der Waals surface area contributed by atoms with Crippen molar-refractivity contribution in [3.63, 3.8) is 0 Å². The van der Waals surface area contributed by atoms with E-state index in [0.717, 1.165) is 18.8 Å². The number of amides is 2. The zero-order valence-electron chi connectivity index (χ0n) is 24.2. The molecule has 9 heteroatoms. The maximum atomic E-state index is 14.6. The minimum Gasteiger partial charge on any atom is -0.465 e. The van der Waals surface area contributed by atoms with Crippen LogP contribution in [0.1, 0.15) is 47.0 Å². The van der Waals surface area contributed by atoms with E-state index in [1.807, 2.05) is 31.2 Å². The zero-order chi connectivity index (χ0) is 29.2. The van der Waals surface area contributed by atoms with Crippen LogP contribution in [0.25, 0.3) is 0 Å². The van der Waals surface area contributed by atoms with Gasteiger partial charge in [0.25, 0.3) is 5.91 Å². The number of anilines is 2. The highest BCUT2D eigenvalue weighted by molar-refractivity contribution is 8.02. The maximum Gasteiger partial charge on any atom is 0.311 e. The molecule has 2 amide bonds. The number of esters is 1. The summed E-state index contributed by atoms with van der Waals surface area (Å²) in [6, 6.07) is 6.47. The van der Waals surface area contributed by atoms with Crippen molar-refractivity contribution in [2.75, 3.05) is 42.6 Å². The lowest BCUT2D eigenvalue weighted by Crippen LogP contribution is -2.57. The molecule has 3 fully saturated rings. The van der Waals surface area contributed by atoms with E-state index in [1.165, 1.54) is 0 Å². The number of benzene rings is 1. The van der Waals surface area contributed by atoms with Crippen LogP contribution in [0.5, 0.6) is 0 Å². The van der Waals surface area contributed by atoms with Crippen molar-refractivity contribution in [1.82, 2.24) is 4.90 Å². The number of aliphatic hydroxyl groups excluding tert-OH is 1. The van der Waals surface area contributed by atoms with E-state index in [1.54, 1.807) is 40.6 Å². The summed E-state index contributed by atoms with van der Waals surface area (Å²) in [5.41, 5.74) is 1.79. The van der Waals surface area contributed by atoms with Crippen LogP contribution in [0.2, 0.25) is 0 Å². The minimum atomic E-state index is -0.827. The molecule has 3 saturated heterocycles. The monoisotopic (exact) mass is 569 g/mol. The van der Waals surface area contributed by atoms with Gasteiger partial charge in [-0.25, -0.2) is 0 Å². The van der Waals surface area contributed by atoms with Crippen LogP contribution in [0.4, 0.5) is 11.4 Å². The fraction of sp³-hybridized carbons (Fsp3) is 0.581. The Morgan fingerprint density at radius 1 is 1.18 bits per heavy atom. The van der Waals surface area contributed by atoms with Crippen molar-refractivity contribution >= 4 is 40.9 Å². The molecule has 3 aliphatic heterocycles. The van der Waals surface area contributed by atoms with E-state index in [0.29, 0.717) is 24.9 Å². The highest BCUT2D eigenvalue weighted by Crippen LogP contribution is 2.71. The first kappa shape index (κ1) is 30.2. The van der Waals surface area contributed by atoms with Crippen molar-refractivity contribution in [3.05, 3.63) is 49.6 Å². The van der Waals surface area contributed by atoms with E-state index < -0.39 is 39.4 Å². The average molecular weight is 570 g/mol. The van der Waals surface area contributed by atoms with Gasteiger partial charge in [-0.1, -0.05) is 12.2 Å². The lowest BCUT2D eigenvalue weighted by Gasteiger charge is -2.39. The first-order valence-electron chi connectivity index (χ1n) is 14.3. The third-order valence-corrected chi connectivity index (χ3v) is 10.9. The number of hydrogen-bond acceptors (Lipinski definition) is 7. The number of aliphatic hydroxyl groups is 1. The van der Waals surface area contributed by atoms with Gasteiger partial charge in [0.05, 0.1) is 35.8 Å². The third-order valence-electron chi connectivity index (χ3n) is 8.88. The van der Waals surface area contributed by atoms with Crippen LogP contribution in [0.3, 0.4) is 0 Å². The van der Waals surface area contributed by atoms with E-state index in [4.69, 9.17) is 4.74 Å². The van der Waals surface area contributed by atoms with E-state index in [-0.39, 0.29) is 31.6 Å². The van der Waals surface area contributed by atoms with Gasteiger partial charge >= 0.3 is 5.97 Å². The van der Waals surface area contributed by atoms with Gasteiger partial charge in [-0.05, 0) is 71.2 Å². The van der Waals surface area contributed by atoms with Crippen molar-refractivity contribution in [2.24, 2.45) is 11.8 Å². The molecule has 3 heterocycles. The summed E-state index contributed by atoms with van der Waals surface area (Å²) in [6.07, 6.45) is 5.24. The van der Waals surface area contributed by atoms with Crippen molar-refractivity contribution in [2.45, 2.75) is 68.5 Å². The second-order valence-electron chi connectivity index (χ2n) is 11.2. The number of rotatable bonds is 13. The van der Waals surface area contributed by atoms with Gasteiger partial charge < -0.3 is 24.5 Å². The molecule has 1 spiro atoms. The highest BCUT2D eigenvalue weighted by atomic mass is 32.2. The van der Waals surface area contributed by atoms with Gasteiger partial charge in [0, 0.05) is 35.8 Å². The third kappa shape index (κ3) is 4.85. The fourth-order valence-electron chi connectivity index (χ4n) is 6.93. The quantitative estimate of drug-likeness (QED) is 0.218. The predicted molar refractivity (Wildman–Crippen MR) is 160 cm³/mol. The Hall–Kier alpha value is -2.78. The lowest BCUT2D eigenvalue weighted by atomic mass is 9.66. The summed E-state index contributed by atoms with van der Waals surface area (Å²) in [5, 5.41) is 10.2. The molecule has 0 aromatic heterocycles. The van der Waals surface area contributed by atoms with Crippen LogP contribution in [-0.4, -0.2) is 82.2 Å². The normalized spacial score (nSPS) is 29.2. The number of carbonyl (C=O) groups excluding carboxylic acids is 3. The number of nitrogens with zero attached hydrogens (tertiary/aromatic N) is 3. The van der Waals surface area contributed by atoms with Gasteiger partial charge in [-0.15, -0.1) is 24.9 Å². The highest BCUT2D eigenvalue weighted by Gasteiger charge is 2.78. The molecule has 0 aliphatic carbocycles. The van der Waals surface area contributed by atoms with Crippen molar-refractivity contribution < 1.29 is 24.2 Å². The van der Waals surface area contributed by atoms with Crippen LogP contribution >= 0.6 is 11.8 Å². The Balaban J connectivity index is 1.74. The Kier molecular flexibility index (Phi) is 9.05. The Labute approximate surface area is 242 Å². The van der Waals surface area contributed by atoms with Gasteiger partial charge in [-0.3, -0.25) is 14.4 Å². The number of thioether (sulfide) groups is 1. The molecule has 2 unspecified atom stereocenters. The molecule has 0 radical (unpaired) electrons. The Bertz CT molecular complexity index is 1140. The molecule has 1 N–H and O–H groups in total. The first-order valence-corrected chi connectivity index (χ1v) is 15.1. The molecule has 2 bridgehead atoms. The van der Waals surface area contributed by atoms with E-state index in [9.17, 15) is 19.5 Å². The molecule has 3 aliphatic rings. The second kappa shape index (κ2) is 12.0. The van der Waals surface area contributed by atoms with Gasteiger partial charge in [0.2, 0.25) is 5.91 Å². The number of hydrogen-bond donors (Lipinski definition) is 1. The largest absolute Gasteiger partial charge is 0.465 e. The van der Waals surface area contributed by atoms with Gasteiger partial charge in [0.15, 0.2) is 0 Å². The van der Waals surface area contributed by atoms with Crippen molar-refractivity contribution in [3.8, 4) is 0 Å². The van der Waals surface area contributed by atoms with Crippen LogP contribution in [-0.2, 0) is 19.1 Å². The number of fused-ring (bicyclic) bond motifs is 1. The zero-order valence-corrected chi connectivity index (χ0v) is 25.0. The topological polar surface area (TPSA) is 90.4 Å². The molecule has 0 saturated carbocycles. The summed E-state index contributed by atoms with van der Waals surface area (Å²) in [4.78, 5) is 47.6. The standard InChI is InChI=1S/C31H43N3O5S/c1-7-11-19-39-29(38)25-24-27(36)34(21(5)20-35)26(31(24)17-16-30(25,6)40-31)28(37)33(18-8-2)23-14-12-22(13-15-23)32(9-3)10-4/h7-8,12-15,21,24-26,35H,1-2,9-11,16-20H2,3-6H3/t21-,24+,25+,26?,30-,31?/m1/s1. The SMILES string of the molecule is C=CCCOC(=O)[C@@H]1[C@H]2C(=O)N([C@H](C)CO)C(C(=O)N(CC=C)c3ccc(N(CC)CC)cc3)C23CC[C@@]1(C)S3. The molecule has 1 aromatic rings. The molecule has 4 rings (SSSR count). The smallest absolute Gasteiger partial charge is 0.311 e. The lowest BCUT2D eigenvalue weighted by molar-refractivity contribution is -0.155. The predicted octanol–water partition coefficient (Wildman–Crippen LogP) is 4.03.